The lowest BCUT2D eigenvalue weighted by molar-refractivity contribution is 0.378. The van der Waals surface area contributed by atoms with Gasteiger partial charge in [-0.25, -0.2) is 0 Å². The van der Waals surface area contributed by atoms with Crippen LogP contribution in [0.4, 0.5) is 0 Å². The van der Waals surface area contributed by atoms with E-state index in [0.29, 0.717) is 12.4 Å². The summed E-state index contributed by atoms with van der Waals surface area (Å²) < 4.78 is 5.15. The Morgan fingerprint density at radius 1 is 1.40 bits per heavy atom. The second kappa shape index (κ2) is 6.19. The van der Waals surface area contributed by atoms with Gasteiger partial charge in [-0.15, -0.1) is 0 Å². The zero-order valence-corrected chi connectivity index (χ0v) is 9.31. The fourth-order valence-electron chi connectivity index (χ4n) is 1.44. The molecule has 82 valence electrons. The molecular weight excluding hydrogens is 188 g/mol. The molecule has 0 aromatic heterocycles. The number of hydrogen-bond acceptors (Lipinski definition) is 3. The van der Waals surface area contributed by atoms with Crippen LogP contribution in [0.3, 0.4) is 0 Å². The van der Waals surface area contributed by atoms with E-state index < -0.39 is 0 Å². The molecule has 1 rings (SSSR count). The molecule has 0 saturated heterocycles. The van der Waals surface area contributed by atoms with Gasteiger partial charge in [0.15, 0.2) is 0 Å². The van der Waals surface area contributed by atoms with E-state index in [1.165, 1.54) is 5.56 Å². The van der Waals surface area contributed by atoms with E-state index in [1.54, 1.807) is 7.11 Å². The van der Waals surface area contributed by atoms with Crippen molar-refractivity contribution in [2.75, 3.05) is 13.7 Å². The lowest BCUT2D eigenvalue weighted by atomic mass is 10.1. The van der Waals surface area contributed by atoms with Crippen molar-refractivity contribution in [3.8, 4) is 0 Å². The Bertz CT molecular complexity index is 309. The van der Waals surface area contributed by atoms with Gasteiger partial charge in [-0.1, -0.05) is 30.3 Å². The van der Waals surface area contributed by atoms with Gasteiger partial charge in [0.1, 0.15) is 0 Å². The van der Waals surface area contributed by atoms with Crippen LogP contribution in [-0.4, -0.2) is 25.6 Å². The summed E-state index contributed by atoms with van der Waals surface area (Å²) in [6.07, 6.45) is 0.757. The summed E-state index contributed by atoms with van der Waals surface area (Å²) in [5, 5.41) is 0. The smallest absolute Gasteiger partial charge is 0.200 e. The Morgan fingerprint density at radius 3 is 2.60 bits per heavy atom. The zero-order chi connectivity index (χ0) is 11.1. The van der Waals surface area contributed by atoms with Crippen LogP contribution in [-0.2, 0) is 11.2 Å². The van der Waals surface area contributed by atoms with Crippen molar-refractivity contribution in [2.45, 2.75) is 19.4 Å². The van der Waals surface area contributed by atoms with E-state index in [-0.39, 0.29) is 6.04 Å². The van der Waals surface area contributed by atoms with Crippen LogP contribution in [0.15, 0.2) is 35.3 Å². The molecule has 3 nitrogen and oxygen atoms in total. The number of ether oxygens (including phenoxy) is 1. The largest absolute Gasteiger partial charge is 0.483 e. The number of benzene rings is 1. The Morgan fingerprint density at radius 2 is 2.07 bits per heavy atom. The van der Waals surface area contributed by atoms with Crippen molar-refractivity contribution in [2.24, 2.45) is 10.7 Å². The van der Waals surface area contributed by atoms with Gasteiger partial charge in [0.2, 0.25) is 5.90 Å². The summed E-state index contributed by atoms with van der Waals surface area (Å²) >= 11 is 0. The molecule has 0 radical (unpaired) electrons. The SMILES string of the molecule is CCN=C(OC)C(N)Cc1ccccc1. The monoisotopic (exact) mass is 206 g/mol. The first kappa shape index (κ1) is 11.7. The van der Waals surface area contributed by atoms with Gasteiger partial charge in [-0.3, -0.25) is 4.99 Å². The molecule has 0 aliphatic carbocycles. The second-order valence-electron chi connectivity index (χ2n) is 3.31. The van der Waals surface area contributed by atoms with Crippen molar-refractivity contribution >= 4 is 5.90 Å². The molecule has 0 aliphatic heterocycles. The van der Waals surface area contributed by atoms with E-state index in [0.717, 1.165) is 6.42 Å². The third-order valence-corrected chi connectivity index (χ3v) is 2.14. The number of aliphatic imine (C=N–C) groups is 1. The van der Waals surface area contributed by atoms with Crippen molar-refractivity contribution < 1.29 is 4.74 Å². The van der Waals surface area contributed by atoms with E-state index in [1.807, 2.05) is 25.1 Å². The molecule has 0 saturated carbocycles. The summed E-state index contributed by atoms with van der Waals surface area (Å²) in [5.74, 6) is 0.626. The minimum Gasteiger partial charge on any atom is -0.483 e. The molecule has 0 aliphatic rings. The maximum Gasteiger partial charge on any atom is 0.200 e. The molecule has 0 heterocycles. The summed E-state index contributed by atoms with van der Waals surface area (Å²) in [4.78, 5) is 4.21. The van der Waals surface area contributed by atoms with Gasteiger partial charge in [0.05, 0.1) is 13.2 Å². The summed E-state index contributed by atoms with van der Waals surface area (Å²) in [6.45, 7) is 2.67. The molecule has 15 heavy (non-hydrogen) atoms. The Labute approximate surface area is 91.0 Å². The molecule has 1 aromatic carbocycles. The van der Waals surface area contributed by atoms with E-state index in [2.05, 4.69) is 17.1 Å². The van der Waals surface area contributed by atoms with Gasteiger partial charge in [-0.05, 0) is 18.9 Å². The van der Waals surface area contributed by atoms with Gasteiger partial charge in [0, 0.05) is 6.54 Å². The Kier molecular flexibility index (Phi) is 4.84. The lowest BCUT2D eigenvalue weighted by Gasteiger charge is -2.13. The van der Waals surface area contributed by atoms with Crippen LogP contribution in [0.25, 0.3) is 0 Å². The highest BCUT2D eigenvalue weighted by Crippen LogP contribution is 2.03. The van der Waals surface area contributed by atoms with E-state index in [9.17, 15) is 0 Å². The molecule has 0 fully saturated rings. The fourth-order valence-corrected chi connectivity index (χ4v) is 1.44. The third kappa shape index (κ3) is 3.72. The summed E-state index contributed by atoms with van der Waals surface area (Å²) in [5.41, 5.74) is 7.19. The number of nitrogens with two attached hydrogens (primary N) is 1. The summed E-state index contributed by atoms with van der Waals surface area (Å²) in [7, 11) is 1.61. The number of methoxy groups -OCH3 is 1. The van der Waals surface area contributed by atoms with Crippen LogP contribution in [0.1, 0.15) is 12.5 Å². The highest BCUT2D eigenvalue weighted by molar-refractivity contribution is 5.81. The van der Waals surface area contributed by atoms with Crippen LogP contribution in [0.2, 0.25) is 0 Å². The highest BCUT2D eigenvalue weighted by Gasteiger charge is 2.11. The van der Waals surface area contributed by atoms with Crippen molar-refractivity contribution in [3.63, 3.8) is 0 Å². The molecule has 0 spiro atoms. The quantitative estimate of drug-likeness (QED) is 0.601. The van der Waals surface area contributed by atoms with Gasteiger partial charge in [0.25, 0.3) is 0 Å². The van der Waals surface area contributed by atoms with Crippen molar-refractivity contribution in [1.29, 1.82) is 0 Å². The third-order valence-electron chi connectivity index (χ3n) is 2.14. The maximum atomic E-state index is 5.99. The molecule has 2 N–H and O–H groups in total. The first-order chi connectivity index (χ1) is 7.27. The zero-order valence-electron chi connectivity index (χ0n) is 9.31. The van der Waals surface area contributed by atoms with Gasteiger partial charge < -0.3 is 10.5 Å². The van der Waals surface area contributed by atoms with Crippen LogP contribution in [0, 0.1) is 0 Å². The molecule has 3 heteroatoms. The first-order valence-electron chi connectivity index (χ1n) is 5.15. The van der Waals surface area contributed by atoms with E-state index >= 15 is 0 Å². The molecule has 1 aromatic rings. The Hall–Kier alpha value is -1.35. The normalized spacial score (nSPS) is 13.7. The van der Waals surface area contributed by atoms with Crippen LogP contribution < -0.4 is 5.73 Å². The van der Waals surface area contributed by atoms with Crippen LogP contribution in [0.5, 0.6) is 0 Å². The number of hydrogen-bond donors (Lipinski definition) is 1. The topological polar surface area (TPSA) is 47.6 Å². The molecular formula is C12H18N2O. The highest BCUT2D eigenvalue weighted by atomic mass is 16.5. The van der Waals surface area contributed by atoms with Crippen molar-refractivity contribution in [3.05, 3.63) is 35.9 Å². The van der Waals surface area contributed by atoms with Gasteiger partial charge in [-0.2, -0.15) is 0 Å². The second-order valence-corrected chi connectivity index (χ2v) is 3.31. The predicted molar refractivity (Wildman–Crippen MR) is 63.1 cm³/mol. The van der Waals surface area contributed by atoms with Crippen molar-refractivity contribution in [1.82, 2.24) is 0 Å². The molecule has 0 amide bonds. The number of nitrogens with zero attached hydrogens (tertiary/aromatic N) is 1. The minimum absolute atomic E-state index is 0.155. The molecule has 0 bridgehead atoms. The minimum atomic E-state index is -0.155. The number of rotatable bonds is 4. The molecule has 1 atom stereocenters. The first-order valence-corrected chi connectivity index (χ1v) is 5.15. The van der Waals surface area contributed by atoms with Crippen LogP contribution >= 0.6 is 0 Å². The van der Waals surface area contributed by atoms with E-state index in [4.69, 9.17) is 10.5 Å². The average molecular weight is 206 g/mol. The fraction of sp³-hybridized carbons (Fsp3) is 0.417. The Balaban J connectivity index is 2.62. The average Bonchev–Trinajstić information content (AvgIpc) is 2.27. The standard InChI is InChI=1S/C12H18N2O/c1-3-14-12(15-2)11(13)9-10-7-5-4-6-8-10/h4-8,11H,3,9,13H2,1-2H3. The predicted octanol–water partition coefficient (Wildman–Crippen LogP) is 1.62. The van der Waals surface area contributed by atoms with Gasteiger partial charge >= 0.3 is 0 Å². The molecule has 1 unspecified atom stereocenters. The summed E-state index contributed by atoms with van der Waals surface area (Å²) in [6, 6.07) is 9.96. The maximum absolute atomic E-state index is 5.99. The lowest BCUT2D eigenvalue weighted by Crippen LogP contribution is -2.34.